The highest BCUT2D eigenvalue weighted by Crippen LogP contribution is 2.12. The van der Waals surface area contributed by atoms with Crippen LogP contribution in [0.5, 0.6) is 0 Å². The Morgan fingerprint density at radius 1 is 1.50 bits per heavy atom. The number of rotatable bonds is 5. The van der Waals surface area contributed by atoms with Gasteiger partial charge in [-0.1, -0.05) is 0 Å². The normalized spacial score (nSPS) is 13.9. The summed E-state index contributed by atoms with van der Waals surface area (Å²) in [6.07, 6.45) is 2.38. The average Bonchev–Trinajstić information content (AvgIpc) is 2.26. The van der Waals surface area contributed by atoms with Gasteiger partial charge in [0.1, 0.15) is 0 Å². The Kier molecular flexibility index (Phi) is 5.34. The van der Waals surface area contributed by atoms with Crippen LogP contribution in [0.4, 0.5) is 5.69 Å². The first-order chi connectivity index (χ1) is 8.40. The number of hydrogen-bond donors (Lipinski definition) is 2. The largest absolute Gasteiger partial charge is 0.399 e. The van der Waals surface area contributed by atoms with Crippen LogP contribution in [0.1, 0.15) is 29.3 Å². The molecule has 2 atom stereocenters. The van der Waals surface area contributed by atoms with Gasteiger partial charge in [-0.25, -0.2) is 0 Å². The molecule has 0 radical (unpaired) electrons. The van der Waals surface area contributed by atoms with Crippen LogP contribution >= 0.6 is 0 Å². The molecule has 1 aromatic rings. The first-order valence-corrected chi connectivity index (χ1v) is 7.60. The first kappa shape index (κ1) is 14.7. The zero-order valence-electron chi connectivity index (χ0n) is 11.0. The van der Waals surface area contributed by atoms with Crippen LogP contribution in [0.25, 0.3) is 0 Å². The number of hydrogen-bond acceptors (Lipinski definition) is 3. The predicted octanol–water partition coefficient (Wildman–Crippen LogP) is 1.46. The minimum Gasteiger partial charge on any atom is -0.399 e. The van der Waals surface area contributed by atoms with Gasteiger partial charge in [-0.3, -0.25) is 9.00 Å². The van der Waals surface area contributed by atoms with Crippen LogP contribution in [0, 0.1) is 6.92 Å². The van der Waals surface area contributed by atoms with E-state index in [2.05, 4.69) is 5.32 Å². The molecule has 2 unspecified atom stereocenters. The summed E-state index contributed by atoms with van der Waals surface area (Å²) >= 11 is 0. The maximum Gasteiger partial charge on any atom is 0.251 e. The van der Waals surface area contributed by atoms with Gasteiger partial charge < -0.3 is 11.1 Å². The first-order valence-electron chi connectivity index (χ1n) is 5.87. The Morgan fingerprint density at radius 2 is 2.17 bits per heavy atom. The second-order valence-corrected chi connectivity index (χ2v) is 6.07. The van der Waals surface area contributed by atoms with Crippen molar-refractivity contribution in [1.82, 2.24) is 5.32 Å². The van der Waals surface area contributed by atoms with Crippen molar-refractivity contribution in [3.8, 4) is 0 Å². The van der Waals surface area contributed by atoms with Crippen LogP contribution in [-0.2, 0) is 10.8 Å². The number of nitrogens with two attached hydrogens (primary N) is 1. The standard InChI is InChI=1S/C13H20N2O2S/c1-9-8-11(14)4-5-12(9)13(16)15-10(2)6-7-18(3)17/h4-5,8,10H,6-7,14H2,1-3H3,(H,15,16). The molecule has 100 valence electrons. The number of aryl methyl sites for hydroxylation is 1. The zero-order chi connectivity index (χ0) is 13.7. The molecule has 0 aliphatic carbocycles. The number of benzene rings is 1. The Balaban J connectivity index is 2.62. The van der Waals surface area contributed by atoms with Gasteiger partial charge >= 0.3 is 0 Å². The van der Waals surface area contributed by atoms with E-state index in [4.69, 9.17) is 5.73 Å². The summed E-state index contributed by atoms with van der Waals surface area (Å²) in [7, 11) is -0.821. The van der Waals surface area contributed by atoms with Crippen LogP contribution in [0.2, 0.25) is 0 Å². The van der Waals surface area contributed by atoms with Crippen molar-refractivity contribution in [2.45, 2.75) is 26.3 Å². The lowest BCUT2D eigenvalue weighted by Crippen LogP contribution is -2.33. The fourth-order valence-corrected chi connectivity index (χ4v) is 2.34. The molecule has 1 aromatic carbocycles. The van der Waals surface area contributed by atoms with E-state index in [1.54, 1.807) is 24.5 Å². The number of carbonyl (C=O) groups is 1. The van der Waals surface area contributed by atoms with Crippen molar-refractivity contribution in [3.05, 3.63) is 29.3 Å². The lowest BCUT2D eigenvalue weighted by molar-refractivity contribution is 0.0939. The number of carbonyl (C=O) groups excluding carboxylic acids is 1. The molecular formula is C13H20N2O2S. The molecule has 0 bridgehead atoms. The Labute approximate surface area is 110 Å². The molecule has 0 fully saturated rings. The molecule has 0 saturated heterocycles. The lowest BCUT2D eigenvalue weighted by atomic mass is 10.1. The van der Waals surface area contributed by atoms with Gasteiger partial charge in [0.2, 0.25) is 0 Å². The van der Waals surface area contributed by atoms with E-state index in [-0.39, 0.29) is 11.9 Å². The van der Waals surface area contributed by atoms with Crippen molar-refractivity contribution in [3.63, 3.8) is 0 Å². The third kappa shape index (κ3) is 4.49. The Morgan fingerprint density at radius 3 is 2.72 bits per heavy atom. The highest BCUT2D eigenvalue weighted by atomic mass is 32.2. The topological polar surface area (TPSA) is 72.2 Å². The molecule has 1 rings (SSSR count). The highest BCUT2D eigenvalue weighted by molar-refractivity contribution is 7.84. The maximum atomic E-state index is 12.0. The summed E-state index contributed by atoms with van der Waals surface area (Å²) in [6, 6.07) is 5.23. The highest BCUT2D eigenvalue weighted by Gasteiger charge is 2.12. The molecule has 0 aliphatic rings. The second-order valence-electron chi connectivity index (χ2n) is 4.51. The smallest absolute Gasteiger partial charge is 0.251 e. The summed E-state index contributed by atoms with van der Waals surface area (Å²) in [4.78, 5) is 12.0. The van der Waals surface area contributed by atoms with E-state index < -0.39 is 10.8 Å². The van der Waals surface area contributed by atoms with Gasteiger partial charge in [0, 0.05) is 40.1 Å². The van der Waals surface area contributed by atoms with Crippen molar-refractivity contribution in [2.24, 2.45) is 0 Å². The van der Waals surface area contributed by atoms with E-state index in [1.165, 1.54) is 0 Å². The third-order valence-electron chi connectivity index (χ3n) is 2.71. The molecular weight excluding hydrogens is 248 g/mol. The lowest BCUT2D eigenvalue weighted by Gasteiger charge is -2.14. The molecule has 5 heteroatoms. The molecule has 3 N–H and O–H groups in total. The number of amides is 1. The molecule has 0 spiro atoms. The maximum absolute atomic E-state index is 12.0. The predicted molar refractivity (Wildman–Crippen MR) is 76.1 cm³/mol. The van der Waals surface area contributed by atoms with Crippen LogP contribution in [0.15, 0.2) is 18.2 Å². The van der Waals surface area contributed by atoms with Gasteiger partial charge in [-0.05, 0) is 44.0 Å². The Bertz CT molecular complexity index is 460. The summed E-state index contributed by atoms with van der Waals surface area (Å²) in [5.74, 6) is 0.490. The van der Waals surface area contributed by atoms with Crippen LogP contribution < -0.4 is 11.1 Å². The molecule has 0 saturated carbocycles. The van der Waals surface area contributed by atoms with Gasteiger partial charge in [-0.2, -0.15) is 0 Å². The molecule has 4 nitrogen and oxygen atoms in total. The van der Waals surface area contributed by atoms with Crippen molar-refractivity contribution in [1.29, 1.82) is 0 Å². The molecule has 1 amide bonds. The fourth-order valence-electron chi connectivity index (χ4n) is 1.66. The quantitative estimate of drug-likeness (QED) is 0.794. The van der Waals surface area contributed by atoms with Crippen LogP contribution in [-0.4, -0.2) is 28.2 Å². The van der Waals surface area contributed by atoms with E-state index >= 15 is 0 Å². The average molecular weight is 268 g/mol. The minimum atomic E-state index is -0.821. The summed E-state index contributed by atoms with van der Waals surface area (Å²) in [5, 5.41) is 2.90. The van der Waals surface area contributed by atoms with Crippen LogP contribution in [0.3, 0.4) is 0 Å². The van der Waals surface area contributed by atoms with Gasteiger partial charge in [-0.15, -0.1) is 0 Å². The molecule has 18 heavy (non-hydrogen) atoms. The molecule has 0 aliphatic heterocycles. The summed E-state index contributed by atoms with van der Waals surface area (Å²) in [5.41, 5.74) is 7.79. The second kappa shape index (κ2) is 6.54. The van der Waals surface area contributed by atoms with E-state index in [9.17, 15) is 9.00 Å². The van der Waals surface area contributed by atoms with E-state index in [0.29, 0.717) is 23.4 Å². The van der Waals surface area contributed by atoms with Crippen molar-refractivity contribution in [2.75, 3.05) is 17.7 Å². The fraction of sp³-hybridized carbons (Fsp3) is 0.462. The van der Waals surface area contributed by atoms with E-state index in [0.717, 1.165) is 5.56 Å². The summed E-state index contributed by atoms with van der Waals surface area (Å²) < 4.78 is 11.0. The number of nitrogens with one attached hydrogen (secondary N) is 1. The Hall–Kier alpha value is -1.36. The van der Waals surface area contributed by atoms with Crippen molar-refractivity contribution >= 4 is 22.4 Å². The minimum absolute atomic E-state index is 0.0124. The monoisotopic (exact) mass is 268 g/mol. The number of anilines is 1. The number of nitrogen functional groups attached to an aromatic ring is 1. The molecule has 0 aromatic heterocycles. The summed E-state index contributed by atoms with van der Waals surface area (Å²) in [6.45, 7) is 3.77. The molecule has 0 heterocycles. The van der Waals surface area contributed by atoms with Gasteiger partial charge in [0.05, 0.1) is 0 Å². The van der Waals surface area contributed by atoms with Crippen molar-refractivity contribution < 1.29 is 9.00 Å². The van der Waals surface area contributed by atoms with Gasteiger partial charge in [0.15, 0.2) is 0 Å². The van der Waals surface area contributed by atoms with Gasteiger partial charge in [0.25, 0.3) is 5.91 Å². The SMILES string of the molecule is Cc1cc(N)ccc1C(=O)NC(C)CCS(C)=O. The zero-order valence-corrected chi connectivity index (χ0v) is 11.8. The third-order valence-corrected chi connectivity index (χ3v) is 3.52. The van der Waals surface area contributed by atoms with E-state index in [1.807, 2.05) is 13.8 Å².